The molecule has 0 rings (SSSR count). The summed E-state index contributed by atoms with van der Waals surface area (Å²) >= 11 is 0. The zero-order valence-corrected chi connectivity index (χ0v) is 9.06. The monoisotopic (exact) mass is 189 g/mol. The van der Waals surface area contributed by atoms with Crippen molar-refractivity contribution in [1.82, 2.24) is 0 Å². The van der Waals surface area contributed by atoms with Crippen LogP contribution in [0.1, 0.15) is 46.0 Å². The first-order valence-electron chi connectivity index (χ1n) is 5.46. The van der Waals surface area contributed by atoms with Crippen molar-refractivity contribution in [3.05, 3.63) is 0 Å². The van der Waals surface area contributed by atoms with E-state index >= 15 is 0 Å². The van der Waals surface area contributed by atoms with E-state index in [0.717, 1.165) is 31.7 Å². The molecule has 0 heterocycles. The van der Waals surface area contributed by atoms with Gasteiger partial charge >= 0.3 is 0 Å². The molecule has 0 fully saturated rings. The van der Waals surface area contributed by atoms with Crippen molar-refractivity contribution in [2.24, 2.45) is 17.6 Å². The van der Waals surface area contributed by atoms with Gasteiger partial charge in [0.2, 0.25) is 0 Å². The second kappa shape index (κ2) is 8.49. The molecule has 0 saturated heterocycles. The Labute approximate surface area is 81.9 Å². The third-order valence-corrected chi connectivity index (χ3v) is 2.64. The minimum atomic E-state index is -0.164. The minimum Gasteiger partial charge on any atom is -0.330 e. The number of hydrogen-bond acceptors (Lipinski definition) is 1. The zero-order chi connectivity index (χ0) is 10.1. The highest BCUT2D eigenvalue weighted by molar-refractivity contribution is 4.59. The quantitative estimate of drug-likeness (QED) is 0.623. The lowest BCUT2D eigenvalue weighted by Crippen LogP contribution is -2.07. The van der Waals surface area contributed by atoms with Crippen LogP contribution in [0, 0.1) is 11.8 Å². The molecule has 0 aliphatic heterocycles. The fourth-order valence-electron chi connectivity index (χ4n) is 1.57. The third kappa shape index (κ3) is 8.23. The smallest absolute Gasteiger partial charge is 0.0894 e. The Morgan fingerprint density at radius 3 is 2.00 bits per heavy atom. The Morgan fingerprint density at radius 2 is 1.54 bits per heavy atom. The van der Waals surface area contributed by atoms with Crippen molar-refractivity contribution in [2.45, 2.75) is 46.0 Å². The third-order valence-electron chi connectivity index (χ3n) is 2.64. The second-order valence-electron chi connectivity index (χ2n) is 4.20. The lowest BCUT2D eigenvalue weighted by Gasteiger charge is -2.14. The van der Waals surface area contributed by atoms with Crippen LogP contribution in [0.5, 0.6) is 0 Å². The molecule has 13 heavy (non-hydrogen) atoms. The fraction of sp³-hybridized carbons (Fsp3) is 1.00. The van der Waals surface area contributed by atoms with E-state index in [2.05, 4.69) is 13.8 Å². The molecule has 2 heteroatoms. The summed E-state index contributed by atoms with van der Waals surface area (Å²) in [6.45, 7) is 5.09. The van der Waals surface area contributed by atoms with E-state index in [-0.39, 0.29) is 6.67 Å². The first-order chi connectivity index (χ1) is 6.20. The predicted octanol–water partition coefficient (Wildman–Crippen LogP) is 3.14. The lowest BCUT2D eigenvalue weighted by molar-refractivity contribution is 0.369. The van der Waals surface area contributed by atoms with Crippen LogP contribution in [0.3, 0.4) is 0 Å². The van der Waals surface area contributed by atoms with E-state index in [1.807, 2.05) is 0 Å². The van der Waals surface area contributed by atoms with Crippen molar-refractivity contribution in [3.8, 4) is 0 Å². The van der Waals surface area contributed by atoms with E-state index in [1.54, 1.807) is 0 Å². The molecular formula is C11H24FN. The number of hydrogen-bond donors (Lipinski definition) is 1. The van der Waals surface area contributed by atoms with Crippen LogP contribution >= 0.6 is 0 Å². The van der Waals surface area contributed by atoms with Crippen molar-refractivity contribution in [2.75, 3.05) is 13.2 Å². The van der Waals surface area contributed by atoms with Gasteiger partial charge in [0.25, 0.3) is 0 Å². The molecule has 2 atom stereocenters. The summed E-state index contributed by atoms with van der Waals surface area (Å²) < 4.78 is 11.9. The number of nitrogens with two attached hydrogens (primary N) is 1. The Morgan fingerprint density at radius 1 is 1.00 bits per heavy atom. The molecule has 0 aromatic heterocycles. The van der Waals surface area contributed by atoms with Gasteiger partial charge in [-0.3, -0.25) is 4.39 Å². The van der Waals surface area contributed by atoms with Crippen LogP contribution in [-0.2, 0) is 0 Å². The van der Waals surface area contributed by atoms with Crippen LogP contribution in [0.25, 0.3) is 0 Å². The van der Waals surface area contributed by atoms with Gasteiger partial charge in [-0.2, -0.15) is 0 Å². The van der Waals surface area contributed by atoms with E-state index in [1.165, 1.54) is 12.8 Å². The van der Waals surface area contributed by atoms with Crippen LogP contribution in [0.15, 0.2) is 0 Å². The summed E-state index contributed by atoms with van der Waals surface area (Å²) in [6, 6.07) is 0. The Balaban J connectivity index is 3.29. The van der Waals surface area contributed by atoms with Gasteiger partial charge in [0.05, 0.1) is 6.67 Å². The molecule has 0 radical (unpaired) electrons. The lowest BCUT2D eigenvalue weighted by atomic mass is 9.93. The zero-order valence-electron chi connectivity index (χ0n) is 9.06. The van der Waals surface area contributed by atoms with Crippen molar-refractivity contribution < 1.29 is 4.39 Å². The van der Waals surface area contributed by atoms with Gasteiger partial charge in [0, 0.05) is 0 Å². The SMILES string of the molecule is CC(CCN)CCC(C)CCCF. The molecule has 2 unspecified atom stereocenters. The number of halogens is 1. The molecule has 0 aliphatic carbocycles. The first-order valence-corrected chi connectivity index (χ1v) is 5.46. The van der Waals surface area contributed by atoms with Gasteiger partial charge < -0.3 is 5.73 Å². The van der Waals surface area contributed by atoms with E-state index in [4.69, 9.17) is 5.73 Å². The second-order valence-corrected chi connectivity index (χ2v) is 4.20. The summed E-state index contributed by atoms with van der Waals surface area (Å²) in [5, 5.41) is 0. The molecule has 0 saturated carbocycles. The average molecular weight is 189 g/mol. The maximum Gasteiger partial charge on any atom is 0.0894 e. The fourth-order valence-corrected chi connectivity index (χ4v) is 1.57. The van der Waals surface area contributed by atoms with Crippen LogP contribution in [-0.4, -0.2) is 13.2 Å². The standard InChI is InChI=1S/C11H24FN/c1-10(4-3-8-12)5-6-11(2)7-9-13/h10-11H,3-9,13H2,1-2H3. The largest absolute Gasteiger partial charge is 0.330 e. The molecule has 1 nitrogen and oxygen atoms in total. The van der Waals surface area contributed by atoms with Gasteiger partial charge in [-0.15, -0.1) is 0 Å². The molecule has 0 aromatic rings. The highest BCUT2D eigenvalue weighted by atomic mass is 19.1. The normalized spacial score (nSPS) is 15.7. The van der Waals surface area contributed by atoms with E-state index in [0.29, 0.717) is 5.92 Å². The first kappa shape index (κ1) is 12.9. The van der Waals surface area contributed by atoms with Crippen LogP contribution in [0.2, 0.25) is 0 Å². The molecule has 0 aliphatic rings. The molecule has 0 bridgehead atoms. The van der Waals surface area contributed by atoms with Crippen molar-refractivity contribution in [1.29, 1.82) is 0 Å². The molecule has 0 spiro atoms. The topological polar surface area (TPSA) is 26.0 Å². The maximum absolute atomic E-state index is 11.9. The molecule has 0 aromatic carbocycles. The summed E-state index contributed by atoms with van der Waals surface area (Å²) in [5.41, 5.74) is 5.47. The van der Waals surface area contributed by atoms with Crippen molar-refractivity contribution in [3.63, 3.8) is 0 Å². The van der Waals surface area contributed by atoms with Gasteiger partial charge in [0.1, 0.15) is 0 Å². The molecule has 80 valence electrons. The predicted molar refractivity (Wildman–Crippen MR) is 56.4 cm³/mol. The minimum absolute atomic E-state index is 0.164. The summed E-state index contributed by atoms with van der Waals surface area (Å²) in [4.78, 5) is 0. The Bertz CT molecular complexity index is 106. The van der Waals surface area contributed by atoms with Gasteiger partial charge in [-0.1, -0.05) is 26.7 Å². The number of alkyl halides is 1. The summed E-state index contributed by atoms with van der Waals surface area (Å²) in [5.74, 6) is 1.41. The number of rotatable bonds is 8. The molecule has 2 N–H and O–H groups in total. The van der Waals surface area contributed by atoms with Crippen LogP contribution < -0.4 is 5.73 Å². The molecule has 0 amide bonds. The summed E-state index contributed by atoms with van der Waals surface area (Å²) in [7, 11) is 0. The van der Waals surface area contributed by atoms with Crippen molar-refractivity contribution >= 4 is 0 Å². The summed E-state index contributed by atoms with van der Waals surface area (Å²) in [6.07, 6.45) is 5.35. The Hall–Kier alpha value is -0.110. The maximum atomic E-state index is 11.9. The molecular weight excluding hydrogens is 165 g/mol. The average Bonchev–Trinajstić information content (AvgIpc) is 2.12. The Kier molecular flexibility index (Phi) is 8.41. The van der Waals surface area contributed by atoms with Gasteiger partial charge in [-0.05, 0) is 37.6 Å². The van der Waals surface area contributed by atoms with E-state index in [9.17, 15) is 4.39 Å². The highest BCUT2D eigenvalue weighted by Gasteiger charge is 2.05. The highest BCUT2D eigenvalue weighted by Crippen LogP contribution is 2.18. The van der Waals surface area contributed by atoms with Crippen LogP contribution in [0.4, 0.5) is 4.39 Å². The van der Waals surface area contributed by atoms with Gasteiger partial charge in [-0.25, -0.2) is 0 Å². The van der Waals surface area contributed by atoms with Gasteiger partial charge in [0.15, 0.2) is 0 Å². The van der Waals surface area contributed by atoms with E-state index < -0.39 is 0 Å².